The average Bonchev–Trinajstić information content (AvgIpc) is 3.35. The molecule has 390 valence electrons. The van der Waals surface area contributed by atoms with Crippen LogP contribution in [0.15, 0.2) is 122 Å². The largest absolute Gasteiger partial charge is 0.462 e. The van der Waals surface area contributed by atoms with Crippen molar-refractivity contribution in [2.24, 2.45) is 0 Å². The Labute approximate surface area is 424 Å². The SMILES string of the molecule is CC/C=C\C/C=C\C/C=C\C/C=C\C/C=C\C/C=C\CCCCC(=O)OCC(COC(=O)CCCCCCC/C=C\C/C=C\CCC)OC(=O)CCCCCCCCC/C=C\C/C=C\CCCCC. The zero-order valence-corrected chi connectivity index (χ0v) is 44.5. The van der Waals surface area contributed by atoms with Crippen LogP contribution in [0.5, 0.6) is 0 Å². The Morgan fingerprint density at radius 2 is 0.594 bits per heavy atom. The normalized spacial score (nSPS) is 13.0. The minimum Gasteiger partial charge on any atom is -0.462 e. The van der Waals surface area contributed by atoms with Crippen LogP contribution in [0.1, 0.15) is 239 Å². The number of unbranched alkanes of at least 4 members (excludes halogenated alkanes) is 18. The van der Waals surface area contributed by atoms with Gasteiger partial charge in [0.15, 0.2) is 6.10 Å². The summed E-state index contributed by atoms with van der Waals surface area (Å²) >= 11 is 0. The molecule has 0 saturated carbocycles. The fourth-order valence-electron chi connectivity index (χ4n) is 7.22. The van der Waals surface area contributed by atoms with Crippen molar-refractivity contribution in [3.05, 3.63) is 122 Å². The summed E-state index contributed by atoms with van der Waals surface area (Å²) in [4.78, 5) is 38.1. The van der Waals surface area contributed by atoms with Gasteiger partial charge in [0, 0.05) is 19.3 Å². The van der Waals surface area contributed by atoms with E-state index in [1.165, 1.54) is 57.8 Å². The molecular weight excluding hydrogens is 853 g/mol. The molecule has 0 radical (unpaired) electrons. The van der Waals surface area contributed by atoms with Gasteiger partial charge in [-0.2, -0.15) is 0 Å². The molecule has 0 aliphatic heterocycles. The van der Waals surface area contributed by atoms with Crippen molar-refractivity contribution in [3.8, 4) is 0 Å². The van der Waals surface area contributed by atoms with E-state index >= 15 is 0 Å². The summed E-state index contributed by atoms with van der Waals surface area (Å²) in [5, 5.41) is 0. The molecule has 6 nitrogen and oxygen atoms in total. The van der Waals surface area contributed by atoms with E-state index in [2.05, 4.69) is 142 Å². The molecule has 0 aliphatic rings. The van der Waals surface area contributed by atoms with Crippen molar-refractivity contribution < 1.29 is 28.6 Å². The van der Waals surface area contributed by atoms with Crippen LogP contribution in [0.3, 0.4) is 0 Å². The van der Waals surface area contributed by atoms with E-state index in [4.69, 9.17) is 14.2 Å². The quantitative estimate of drug-likeness (QED) is 0.0262. The van der Waals surface area contributed by atoms with Crippen LogP contribution < -0.4 is 0 Å². The highest BCUT2D eigenvalue weighted by atomic mass is 16.6. The molecule has 0 aromatic heterocycles. The minimum absolute atomic E-state index is 0.106. The second kappa shape index (κ2) is 56.4. The smallest absolute Gasteiger partial charge is 0.306 e. The third-order valence-electron chi connectivity index (χ3n) is 11.4. The van der Waals surface area contributed by atoms with Gasteiger partial charge in [-0.15, -0.1) is 0 Å². The lowest BCUT2D eigenvalue weighted by atomic mass is 10.1. The Morgan fingerprint density at radius 3 is 0.971 bits per heavy atom. The first-order chi connectivity index (χ1) is 34.0. The van der Waals surface area contributed by atoms with E-state index < -0.39 is 6.10 Å². The summed E-state index contributed by atoms with van der Waals surface area (Å²) < 4.78 is 16.8. The Morgan fingerprint density at radius 1 is 0.304 bits per heavy atom. The second-order valence-electron chi connectivity index (χ2n) is 18.1. The third kappa shape index (κ3) is 54.6. The molecule has 0 N–H and O–H groups in total. The molecule has 0 bridgehead atoms. The topological polar surface area (TPSA) is 78.9 Å². The first kappa shape index (κ1) is 64.8. The van der Waals surface area contributed by atoms with E-state index in [1.54, 1.807) is 0 Å². The van der Waals surface area contributed by atoms with Gasteiger partial charge in [-0.05, 0) is 128 Å². The van der Waals surface area contributed by atoms with Crippen molar-refractivity contribution in [3.63, 3.8) is 0 Å². The van der Waals surface area contributed by atoms with Crippen LogP contribution in [-0.4, -0.2) is 37.2 Å². The van der Waals surface area contributed by atoms with E-state index in [-0.39, 0.29) is 31.1 Å². The molecule has 6 heteroatoms. The first-order valence-electron chi connectivity index (χ1n) is 28.0. The predicted octanol–water partition coefficient (Wildman–Crippen LogP) is 18.9. The lowest BCUT2D eigenvalue weighted by Crippen LogP contribution is -2.30. The maximum absolute atomic E-state index is 12.8. The zero-order chi connectivity index (χ0) is 50.0. The lowest BCUT2D eigenvalue weighted by Gasteiger charge is -2.18. The number of rotatable bonds is 49. The number of hydrogen-bond donors (Lipinski definition) is 0. The first-order valence-corrected chi connectivity index (χ1v) is 28.0. The van der Waals surface area contributed by atoms with Gasteiger partial charge < -0.3 is 14.2 Å². The molecule has 0 rings (SSSR count). The molecule has 0 fully saturated rings. The van der Waals surface area contributed by atoms with Gasteiger partial charge in [-0.3, -0.25) is 14.4 Å². The van der Waals surface area contributed by atoms with Crippen LogP contribution >= 0.6 is 0 Å². The van der Waals surface area contributed by atoms with Crippen molar-refractivity contribution in [2.75, 3.05) is 13.2 Å². The summed E-state index contributed by atoms with van der Waals surface area (Å²) in [5.41, 5.74) is 0. The molecule has 0 aromatic carbocycles. The van der Waals surface area contributed by atoms with E-state index in [1.807, 2.05) is 0 Å². The number of esters is 3. The highest BCUT2D eigenvalue weighted by molar-refractivity contribution is 5.71. The number of allylic oxidation sites excluding steroid dienone is 20. The van der Waals surface area contributed by atoms with Crippen LogP contribution in [0, 0.1) is 0 Å². The molecule has 1 atom stereocenters. The average molecular weight is 956 g/mol. The van der Waals surface area contributed by atoms with Crippen molar-refractivity contribution >= 4 is 17.9 Å². The number of hydrogen-bond acceptors (Lipinski definition) is 6. The third-order valence-corrected chi connectivity index (χ3v) is 11.4. The van der Waals surface area contributed by atoms with Crippen LogP contribution in [0.4, 0.5) is 0 Å². The Bertz CT molecular complexity index is 1470. The van der Waals surface area contributed by atoms with Crippen LogP contribution in [0.2, 0.25) is 0 Å². The Hall–Kier alpha value is -4.19. The molecule has 69 heavy (non-hydrogen) atoms. The maximum Gasteiger partial charge on any atom is 0.306 e. The zero-order valence-electron chi connectivity index (χ0n) is 44.5. The molecule has 0 saturated heterocycles. The van der Waals surface area contributed by atoms with Gasteiger partial charge in [0.25, 0.3) is 0 Å². The molecule has 0 aliphatic carbocycles. The Balaban J connectivity index is 4.50. The van der Waals surface area contributed by atoms with Gasteiger partial charge in [0.1, 0.15) is 13.2 Å². The van der Waals surface area contributed by atoms with Gasteiger partial charge in [0.05, 0.1) is 0 Å². The van der Waals surface area contributed by atoms with Gasteiger partial charge in [-0.1, -0.05) is 213 Å². The van der Waals surface area contributed by atoms with E-state index in [0.717, 1.165) is 135 Å². The minimum atomic E-state index is -0.810. The molecule has 0 aromatic rings. The number of carbonyl (C=O) groups excluding carboxylic acids is 3. The molecule has 1 unspecified atom stereocenters. The second-order valence-corrected chi connectivity index (χ2v) is 18.1. The van der Waals surface area contributed by atoms with Crippen molar-refractivity contribution in [2.45, 2.75) is 245 Å². The summed E-state index contributed by atoms with van der Waals surface area (Å²) in [6.07, 6.45) is 77.5. The summed E-state index contributed by atoms with van der Waals surface area (Å²) in [6.45, 7) is 6.37. The summed E-state index contributed by atoms with van der Waals surface area (Å²) in [5.74, 6) is -0.975. The van der Waals surface area contributed by atoms with Crippen LogP contribution in [-0.2, 0) is 28.6 Å². The maximum atomic E-state index is 12.8. The number of carbonyl (C=O) groups is 3. The monoisotopic (exact) mass is 955 g/mol. The van der Waals surface area contributed by atoms with Gasteiger partial charge in [0.2, 0.25) is 0 Å². The highest BCUT2D eigenvalue weighted by Gasteiger charge is 2.19. The molecule has 0 spiro atoms. The molecule has 0 amide bonds. The van der Waals surface area contributed by atoms with Crippen LogP contribution in [0.25, 0.3) is 0 Å². The standard InChI is InChI=1S/C63H102O6/c1-4-7-10-13-16-19-22-25-27-29-30-31-32-34-35-38-41-44-47-50-53-56-62(65)68-59-60(58-67-61(64)55-52-49-46-43-40-37-24-21-18-15-12-9-6-3)69-63(66)57-54-51-48-45-42-39-36-33-28-26-23-20-17-14-11-8-5-2/h7,10,12,15-17,19-21,24-28,30-31,34-35,41,44,60H,4-6,8-9,11,13-14,18,22-23,29,32-33,36-40,42-43,45-59H2,1-3H3/b10-7-,15-12-,19-16-,20-17-,24-21-,27-25-,28-26-,31-30-,35-34-,44-41-. The summed E-state index contributed by atoms with van der Waals surface area (Å²) in [7, 11) is 0. The Kier molecular flexibility index (Phi) is 53.0. The fourth-order valence-corrected chi connectivity index (χ4v) is 7.22. The number of ether oxygens (including phenoxy) is 3. The van der Waals surface area contributed by atoms with Crippen molar-refractivity contribution in [1.82, 2.24) is 0 Å². The van der Waals surface area contributed by atoms with Gasteiger partial charge in [-0.25, -0.2) is 0 Å². The fraction of sp³-hybridized carbons (Fsp3) is 0.635. The molecular formula is C63H102O6. The molecule has 0 heterocycles. The van der Waals surface area contributed by atoms with Gasteiger partial charge >= 0.3 is 17.9 Å². The predicted molar refractivity (Wildman–Crippen MR) is 297 cm³/mol. The summed E-state index contributed by atoms with van der Waals surface area (Å²) in [6, 6.07) is 0. The highest BCUT2D eigenvalue weighted by Crippen LogP contribution is 2.13. The van der Waals surface area contributed by atoms with E-state index in [9.17, 15) is 14.4 Å². The lowest BCUT2D eigenvalue weighted by molar-refractivity contribution is -0.167. The van der Waals surface area contributed by atoms with E-state index in [0.29, 0.717) is 25.7 Å². The van der Waals surface area contributed by atoms with Crippen molar-refractivity contribution in [1.29, 1.82) is 0 Å².